The molecule has 0 aromatic heterocycles. The van der Waals surface area contributed by atoms with Crippen LogP contribution in [0.25, 0.3) is 0 Å². The fraction of sp³-hybridized carbons (Fsp3) is 0.278. The van der Waals surface area contributed by atoms with Crippen LogP contribution in [-0.2, 0) is 0 Å². The Labute approximate surface area is 149 Å². The lowest BCUT2D eigenvalue weighted by atomic mass is 10.1. The monoisotopic (exact) mass is 366 g/mol. The lowest BCUT2D eigenvalue weighted by Crippen LogP contribution is -2.48. The largest absolute Gasteiger partial charge is 0.497 e. The molecule has 0 saturated carbocycles. The number of rotatable bonds is 3. The third kappa shape index (κ3) is 3.69. The van der Waals surface area contributed by atoms with E-state index in [2.05, 4.69) is 4.90 Å². The zero-order chi connectivity index (χ0) is 18.0. The fourth-order valence-electron chi connectivity index (χ4n) is 2.82. The molecule has 132 valence electrons. The lowest BCUT2D eigenvalue weighted by molar-refractivity contribution is 0.0746. The second-order valence-electron chi connectivity index (χ2n) is 5.72. The van der Waals surface area contributed by atoms with E-state index in [1.807, 2.05) is 24.3 Å². The van der Waals surface area contributed by atoms with Crippen LogP contribution in [0.2, 0.25) is 5.02 Å². The summed E-state index contributed by atoms with van der Waals surface area (Å²) in [6, 6.07) is 9.38. The number of carbonyl (C=O) groups excluding carboxylic acids is 1. The molecule has 7 heteroatoms. The summed E-state index contributed by atoms with van der Waals surface area (Å²) in [5.41, 5.74) is 1.03. The molecule has 0 aliphatic carbocycles. The SMILES string of the molecule is COc1ccc(N2CCN(C(=O)c3cc(F)c(F)cc3Cl)CC2)cc1. The predicted molar refractivity (Wildman–Crippen MR) is 92.5 cm³/mol. The Balaban J connectivity index is 1.67. The van der Waals surface area contributed by atoms with E-state index in [9.17, 15) is 13.6 Å². The molecule has 4 nitrogen and oxygen atoms in total. The minimum Gasteiger partial charge on any atom is -0.497 e. The van der Waals surface area contributed by atoms with Crippen LogP contribution in [0.5, 0.6) is 5.75 Å². The van der Waals surface area contributed by atoms with Gasteiger partial charge in [-0.25, -0.2) is 8.78 Å². The summed E-state index contributed by atoms with van der Waals surface area (Å²) < 4.78 is 31.7. The van der Waals surface area contributed by atoms with Crippen molar-refractivity contribution in [2.45, 2.75) is 0 Å². The highest BCUT2D eigenvalue weighted by atomic mass is 35.5. The van der Waals surface area contributed by atoms with Gasteiger partial charge in [0.15, 0.2) is 11.6 Å². The Hall–Kier alpha value is -2.34. The third-order valence-electron chi connectivity index (χ3n) is 4.24. The highest BCUT2D eigenvalue weighted by molar-refractivity contribution is 6.33. The molecule has 1 fully saturated rings. The van der Waals surface area contributed by atoms with Crippen LogP contribution in [0.3, 0.4) is 0 Å². The van der Waals surface area contributed by atoms with Crippen LogP contribution in [0.4, 0.5) is 14.5 Å². The molecule has 0 atom stereocenters. The molecule has 25 heavy (non-hydrogen) atoms. The summed E-state index contributed by atoms with van der Waals surface area (Å²) in [4.78, 5) is 16.3. The number of piperazine rings is 1. The van der Waals surface area contributed by atoms with Gasteiger partial charge in [-0.3, -0.25) is 4.79 Å². The summed E-state index contributed by atoms with van der Waals surface area (Å²) in [6.45, 7) is 2.22. The van der Waals surface area contributed by atoms with Gasteiger partial charge in [0, 0.05) is 31.9 Å². The van der Waals surface area contributed by atoms with Gasteiger partial charge in [0.1, 0.15) is 5.75 Å². The maximum Gasteiger partial charge on any atom is 0.255 e. The van der Waals surface area contributed by atoms with Crippen molar-refractivity contribution in [3.05, 3.63) is 58.6 Å². The molecule has 1 aliphatic heterocycles. The van der Waals surface area contributed by atoms with Crippen molar-refractivity contribution in [2.75, 3.05) is 38.2 Å². The third-order valence-corrected chi connectivity index (χ3v) is 4.56. The minimum atomic E-state index is -1.08. The number of amides is 1. The van der Waals surface area contributed by atoms with E-state index in [1.165, 1.54) is 0 Å². The maximum absolute atomic E-state index is 13.4. The summed E-state index contributed by atoms with van der Waals surface area (Å²) in [7, 11) is 1.61. The zero-order valence-electron chi connectivity index (χ0n) is 13.6. The summed E-state index contributed by atoms with van der Waals surface area (Å²) in [5.74, 6) is -1.75. The molecule has 0 N–H and O–H groups in total. The summed E-state index contributed by atoms with van der Waals surface area (Å²) >= 11 is 5.89. The van der Waals surface area contributed by atoms with Crippen LogP contribution in [0.1, 0.15) is 10.4 Å². The highest BCUT2D eigenvalue weighted by Crippen LogP contribution is 2.24. The van der Waals surface area contributed by atoms with E-state index in [-0.39, 0.29) is 10.6 Å². The van der Waals surface area contributed by atoms with Crippen molar-refractivity contribution in [3.63, 3.8) is 0 Å². The van der Waals surface area contributed by atoms with E-state index >= 15 is 0 Å². The first kappa shape index (κ1) is 17.5. The van der Waals surface area contributed by atoms with E-state index < -0.39 is 17.5 Å². The summed E-state index contributed by atoms with van der Waals surface area (Å²) in [6.07, 6.45) is 0. The van der Waals surface area contributed by atoms with Gasteiger partial charge in [-0.05, 0) is 36.4 Å². The number of benzene rings is 2. The van der Waals surface area contributed by atoms with Crippen LogP contribution in [0.15, 0.2) is 36.4 Å². The predicted octanol–water partition coefficient (Wildman–Crippen LogP) is 3.59. The van der Waals surface area contributed by atoms with Crippen molar-refractivity contribution in [1.29, 1.82) is 0 Å². The van der Waals surface area contributed by atoms with Crippen molar-refractivity contribution in [2.24, 2.45) is 0 Å². The molecule has 0 unspecified atom stereocenters. The molecule has 3 rings (SSSR count). The first-order valence-corrected chi connectivity index (χ1v) is 8.20. The maximum atomic E-state index is 13.4. The van der Waals surface area contributed by atoms with Gasteiger partial charge >= 0.3 is 0 Å². The minimum absolute atomic E-state index is 0.0153. The number of ether oxygens (including phenoxy) is 1. The van der Waals surface area contributed by atoms with Gasteiger partial charge in [0.05, 0.1) is 17.7 Å². The first-order valence-electron chi connectivity index (χ1n) is 7.82. The molecule has 1 aliphatic rings. The van der Waals surface area contributed by atoms with Crippen LogP contribution >= 0.6 is 11.6 Å². The molecule has 2 aromatic carbocycles. The molecular weight excluding hydrogens is 350 g/mol. The van der Waals surface area contributed by atoms with Crippen LogP contribution in [-0.4, -0.2) is 44.1 Å². The lowest BCUT2D eigenvalue weighted by Gasteiger charge is -2.36. The number of hydrogen-bond acceptors (Lipinski definition) is 3. The molecule has 2 aromatic rings. The van der Waals surface area contributed by atoms with E-state index in [0.29, 0.717) is 26.2 Å². The van der Waals surface area contributed by atoms with E-state index in [0.717, 1.165) is 23.6 Å². The molecule has 1 saturated heterocycles. The number of anilines is 1. The Kier molecular flexibility index (Phi) is 5.08. The van der Waals surface area contributed by atoms with Gasteiger partial charge in [0.25, 0.3) is 5.91 Å². The average Bonchev–Trinajstić information content (AvgIpc) is 2.64. The van der Waals surface area contributed by atoms with Gasteiger partial charge in [-0.15, -0.1) is 0 Å². The molecule has 0 bridgehead atoms. The smallest absolute Gasteiger partial charge is 0.255 e. The molecule has 1 amide bonds. The molecule has 0 radical (unpaired) electrons. The molecule has 1 heterocycles. The number of halogens is 3. The van der Waals surface area contributed by atoms with Crippen LogP contribution < -0.4 is 9.64 Å². The quantitative estimate of drug-likeness (QED) is 0.778. The summed E-state index contributed by atoms with van der Waals surface area (Å²) in [5, 5.41) is -0.0820. The van der Waals surface area contributed by atoms with Gasteiger partial charge in [-0.1, -0.05) is 11.6 Å². The Morgan fingerprint density at radius 1 is 1.04 bits per heavy atom. The average molecular weight is 367 g/mol. The standard InChI is InChI=1S/C18H17ClF2N2O2/c1-25-13-4-2-12(3-5-13)22-6-8-23(9-7-22)18(24)14-10-16(20)17(21)11-15(14)19/h2-5,10-11H,6-9H2,1H3. The fourth-order valence-corrected chi connectivity index (χ4v) is 3.05. The van der Waals surface area contributed by atoms with E-state index in [4.69, 9.17) is 16.3 Å². The number of carbonyl (C=O) groups is 1. The van der Waals surface area contributed by atoms with E-state index in [1.54, 1.807) is 12.0 Å². The topological polar surface area (TPSA) is 32.8 Å². The molecular formula is C18H17ClF2N2O2. The second-order valence-corrected chi connectivity index (χ2v) is 6.13. The first-order chi connectivity index (χ1) is 12.0. The van der Waals surface area contributed by atoms with Crippen molar-refractivity contribution in [3.8, 4) is 5.75 Å². The van der Waals surface area contributed by atoms with Crippen molar-refractivity contribution < 1.29 is 18.3 Å². The highest BCUT2D eigenvalue weighted by Gasteiger charge is 2.25. The van der Waals surface area contributed by atoms with Crippen molar-refractivity contribution in [1.82, 2.24) is 4.90 Å². The number of nitrogens with zero attached hydrogens (tertiary/aromatic N) is 2. The van der Waals surface area contributed by atoms with Gasteiger partial charge < -0.3 is 14.5 Å². The Morgan fingerprint density at radius 2 is 1.64 bits per heavy atom. The zero-order valence-corrected chi connectivity index (χ0v) is 14.4. The van der Waals surface area contributed by atoms with Crippen molar-refractivity contribution >= 4 is 23.2 Å². The molecule has 0 spiro atoms. The van der Waals surface area contributed by atoms with Gasteiger partial charge in [-0.2, -0.15) is 0 Å². The van der Waals surface area contributed by atoms with Crippen LogP contribution in [0, 0.1) is 11.6 Å². The number of hydrogen-bond donors (Lipinski definition) is 0. The van der Waals surface area contributed by atoms with Gasteiger partial charge in [0.2, 0.25) is 0 Å². The second kappa shape index (κ2) is 7.27. The normalized spacial score (nSPS) is 14.6. The Bertz CT molecular complexity index is 775. The Morgan fingerprint density at radius 3 is 2.24 bits per heavy atom. The number of methoxy groups -OCH3 is 1.